The summed E-state index contributed by atoms with van der Waals surface area (Å²) < 4.78 is 6.67. The molecule has 1 aromatic heterocycles. The molecule has 0 aliphatic carbocycles. The molecule has 21 heavy (non-hydrogen) atoms. The summed E-state index contributed by atoms with van der Waals surface area (Å²) in [7, 11) is 0. The number of hydrogen-bond donors (Lipinski definition) is 0. The van der Waals surface area contributed by atoms with Crippen molar-refractivity contribution >= 4 is 38.6 Å². The Morgan fingerprint density at radius 3 is 2.52 bits per heavy atom. The first-order chi connectivity index (χ1) is 10.1. The Labute approximate surface area is 136 Å². The van der Waals surface area contributed by atoms with Crippen LogP contribution in [0.3, 0.4) is 0 Å². The lowest BCUT2D eigenvalue weighted by atomic mass is 10.2. The molecule has 3 nitrogen and oxygen atoms in total. The highest BCUT2D eigenvalue weighted by molar-refractivity contribution is 9.10. The minimum absolute atomic E-state index is 0.338. The van der Waals surface area contributed by atoms with Crippen molar-refractivity contribution in [1.82, 2.24) is 9.97 Å². The number of nitrogens with zero attached hydrogens (tertiary/aromatic N) is 2. The summed E-state index contributed by atoms with van der Waals surface area (Å²) in [6.07, 6.45) is 0. The van der Waals surface area contributed by atoms with E-state index in [1.165, 1.54) is 0 Å². The van der Waals surface area contributed by atoms with E-state index in [2.05, 4.69) is 25.9 Å². The van der Waals surface area contributed by atoms with Gasteiger partial charge in [-0.2, -0.15) is 0 Å². The molecular formula is C16H12BrClN2O. The van der Waals surface area contributed by atoms with Crippen molar-refractivity contribution < 1.29 is 4.74 Å². The third-order valence-electron chi connectivity index (χ3n) is 3.10. The fourth-order valence-corrected chi connectivity index (χ4v) is 2.73. The number of benzene rings is 2. The van der Waals surface area contributed by atoms with Gasteiger partial charge >= 0.3 is 0 Å². The van der Waals surface area contributed by atoms with E-state index in [4.69, 9.17) is 16.3 Å². The number of aryl methyl sites for hydroxylation is 1. The molecule has 2 aromatic carbocycles. The molecule has 0 fully saturated rings. The summed E-state index contributed by atoms with van der Waals surface area (Å²) in [4.78, 5) is 9.14. The quantitative estimate of drug-likeness (QED) is 0.661. The highest BCUT2D eigenvalue weighted by atomic mass is 79.9. The number of fused-ring (bicyclic) bond motifs is 1. The molecule has 0 saturated heterocycles. The summed E-state index contributed by atoms with van der Waals surface area (Å²) in [5.41, 5.74) is 3.43. The maximum absolute atomic E-state index is 6.14. The van der Waals surface area contributed by atoms with Gasteiger partial charge in [0.05, 0.1) is 27.4 Å². The Balaban J connectivity index is 1.86. The van der Waals surface area contributed by atoms with Crippen molar-refractivity contribution in [3.63, 3.8) is 0 Å². The molecule has 0 radical (unpaired) electrons. The fraction of sp³-hybridized carbons (Fsp3) is 0.125. The van der Waals surface area contributed by atoms with E-state index in [1.807, 2.05) is 43.3 Å². The molecule has 0 bridgehead atoms. The van der Waals surface area contributed by atoms with Gasteiger partial charge < -0.3 is 4.74 Å². The minimum atomic E-state index is 0.338. The van der Waals surface area contributed by atoms with Gasteiger partial charge in [0.1, 0.15) is 12.4 Å². The monoisotopic (exact) mass is 362 g/mol. The van der Waals surface area contributed by atoms with Crippen LogP contribution in [-0.2, 0) is 6.61 Å². The predicted molar refractivity (Wildman–Crippen MR) is 87.8 cm³/mol. The van der Waals surface area contributed by atoms with Gasteiger partial charge in [-0.05, 0) is 37.3 Å². The van der Waals surface area contributed by atoms with Crippen LogP contribution in [-0.4, -0.2) is 9.97 Å². The number of rotatable bonds is 3. The molecule has 0 amide bonds. The molecule has 0 saturated carbocycles. The molecule has 3 aromatic rings. The maximum Gasteiger partial charge on any atom is 0.138 e. The SMILES string of the molecule is Cc1nc2ccccc2nc1COc1ccc(Br)cc1Cl. The third kappa shape index (κ3) is 3.17. The first kappa shape index (κ1) is 14.3. The van der Waals surface area contributed by atoms with Crippen LogP contribution in [0, 0.1) is 6.92 Å². The van der Waals surface area contributed by atoms with Gasteiger partial charge in [-0.1, -0.05) is 39.7 Å². The van der Waals surface area contributed by atoms with Crippen LogP contribution in [0.5, 0.6) is 5.75 Å². The standard InChI is InChI=1S/C16H12BrClN2O/c1-10-15(20-14-5-3-2-4-13(14)19-10)9-21-16-7-6-11(17)8-12(16)18/h2-8H,9H2,1H3. The lowest BCUT2D eigenvalue weighted by Gasteiger charge is -2.10. The number of halogens is 2. The lowest BCUT2D eigenvalue weighted by Crippen LogP contribution is -2.03. The number of para-hydroxylation sites is 2. The summed E-state index contributed by atoms with van der Waals surface area (Å²) in [6.45, 7) is 2.27. The van der Waals surface area contributed by atoms with Gasteiger partial charge in [0.15, 0.2) is 0 Å². The van der Waals surface area contributed by atoms with Crippen molar-refractivity contribution in [2.75, 3.05) is 0 Å². The van der Waals surface area contributed by atoms with Crippen molar-refractivity contribution in [1.29, 1.82) is 0 Å². The van der Waals surface area contributed by atoms with E-state index in [0.29, 0.717) is 17.4 Å². The van der Waals surface area contributed by atoms with Crippen LogP contribution < -0.4 is 4.74 Å². The molecule has 0 aliphatic rings. The number of aromatic nitrogens is 2. The highest BCUT2D eigenvalue weighted by Gasteiger charge is 2.08. The Morgan fingerprint density at radius 1 is 1.10 bits per heavy atom. The molecule has 0 atom stereocenters. The molecule has 0 aliphatic heterocycles. The second-order valence-corrected chi connectivity index (χ2v) is 5.93. The van der Waals surface area contributed by atoms with Gasteiger partial charge in [0.25, 0.3) is 0 Å². The summed E-state index contributed by atoms with van der Waals surface area (Å²) in [5, 5.41) is 0.566. The predicted octanol–water partition coefficient (Wildman–Crippen LogP) is 4.93. The van der Waals surface area contributed by atoms with Crippen molar-refractivity contribution in [3.05, 3.63) is 63.3 Å². The first-order valence-corrected chi connectivity index (χ1v) is 7.61. The number of hydrogen-bond acceptors (Lipinski definition) is 3. The minimum Gasteiger partial charge on any atom is -0.486 e. The van der Waals surface area contributed by atoms with Crippen LogP contribution in [0.1, 0.15) is 11.4 Å². The smallest absolute Gasteiger partial charge is 0.138 e. The maximum atomic E-state index is 6.14. The Bertz CT molecular complexity index is 807. The third-order valence-corrected chi connectivity index (χ3v) is 3.89. The van der Waals surface area contributed by atoms with Gasteiger partial charge in [-0.25, -0.2) is 9.97 Å². The van der Waals surface area contributed by atoms with Crippen LogP contribution in [0.4, 0.5) is 0 Å². The van der Waals surface area contributed by atoms with Crippen LogP contribution in [0.15, 0.2) is 46.9 Å². The van der Waals surface area contributed by atoms with E-state index in [1.54, 1.807) is 6.07 Å². The average molecular weight is 364 g/mol. The normalized spacial score (nSPS) is 10.8. The molecule has 0 unspecified atom stereocenters. The van der Waals surface area contributed by atoms with E-state index < -0.39 is 0 Å². The second kappa shape index (κ2) is 6.00. The number of ether oxygens (including phenoxy) is 1. The topological polar surface area (TPSA) is 35.0 Å². The molecular weight excluding hydrogens is 352 g/mol. The van der Waals surface area contributed by atoms with E-state index in [9.17, 15) is 0 Å². The molecule has 0 N–H and O–H groups in total. The summed E-state index contributed by atoms with van der Waals surface area (Å²) in [6, 6.07) is 13.3. The van der Waals surface area contributed by atoms with Crippen LogP contribution in [0.2, 0.25) is 5.02 Å². The van der Waals surface area contributed by atoms with Gasteiger partial charge in [0, 0.05) is 4.47 Å². The first-order valence-electron chi connectivity index (χ1n) is 6.43. The molecule has 1 heterocycles. The van der Waals surface area contributed by atoms with E-state index in [-0.39, 0.29) is 0 Å². The van der Waals surface area contributed by atoms with E-state index in [0.717, 1.165) is 26.9 Å². The Kier molecular flexibility index (Phi) is 4.08. The molecule has 5 heteroatoms. The second-order valence-electron chi connectivity index (χ2n) is 4.61. The van der Waals surface area contributed by atoms with Gasteiger partial charge in [-0.3, -0.25) is 0 Å². The zero-order valence-electron chi connectivity index (χ0n) is 11.3. The average Bonchev–Trinajstić information content (AvgIpc) is 2.46. The molecule has 106 valence electrons. The van der Waals surface area contributed by atoms with Crippen molar-refractivity contribution in [2.24, 2.45) is 0 Å². The Hall–Kier alpha value is -1.65. The van der Waals surface area contributed by atoms with Crippen molar-refractivity contribution in [2.45, 2.75) is 13.5 Å². The zero-order valence-corrected chi connectivity index (χ0v) is 13.6. The van der Waals surface area contributed by atoms with E-state index >= 15 is 0 Å². The largest absolute Gasteiger partial charge is 0.486 e. The molecule has 0 spiro atoms. The van der Waals surface area contributed by atoms with Crippen LogP contribution >= 0.6 is 27.5 Å². The van der Waals surface area contributed by atoms with Crippen molar-refractivity contribution in [3.8, 4) is 5.75 Å². The molecule has 3 rings (SSSR count). The highest BCUT2D eigenvalue weighted by Crippen LogP contribution is 2.28. The zero-order chi connectivity index (χ0) is 14.8. The lowest BCUT2D eigenvalue weighted by molar-refractivity contribution is 0.300. The van der Waals surface area contributed by atoms with Gasteiger partial charge in [0.2, 0.25) is 0 Å². The van der Waals surface area contributed by atoms with Gasteiger partial charge in [-0.15, -0.1) is 0 Å². The van der Waals surface area contributed by atoms with Crippen LogP contribution in [0.25, 0.3) is 11.0 Å². The fourth-order valence-electron chi connectivity index (χ4n) is 2.00. The summed E-state index contributed by atoms with van der Waals surface area (Å²) in [5.74, 6) is 0.634. The Morgan fingerprint density at radius 2 is 1.81 bits per heavy atom. The summed E-state index contributed by atoms with van der Waals surface area (Å²) >= 11 is 9.51.